The average molecular weight is 690 g/mol. The molecule has 0 bridgehead atoms. The van der Waals surface area contributed by atoms with Gasteiger partial charge in [-0.25, -0.2) is 0 Å². The van der Waals surface area contributed by atoms with Crippen LogP contribution in [0.3, 0.4) is 0 Å². The van der Waals surface area contributed by atoms with Gasteiger partial charge in [0.25, 0.3) is 0 Å². The molecule has 0 aliphatic heterocycles. The Labute approximate surface area is 314 Å². The third kappa shape index (κ3) is 5.62. The standard InChI is InChI=1S/C52H35NO/c1-2-13-39(14-3-1)46-20-6-8-24-49(46)53(43-18-10-17-41(35-43)47-23-12-26-51-52(47)48-21-7-9-25-50(48)54-51)42-33-31-37(32-34-42)36-27-29-40(30-28-36)45-22-11-16-38-15-4-5-19-44(38)45/h1-35H. The smallest absolute Gasteiger partial charge is 0.136 e. The molecule has 9 aromatic carbocycles. The van der Waals surface area contributed by atoms with Gasteiger partial charge < -0.3 is 9.32 Å². The van der Waals surface area contributed by atoms with E-state index in [0.717, 1.165) is 50.1 Å². The molecule has 0 N–H and O–H groups in total. The van der Waals surface area contributed by atoms with E-state index in [9.17, 15) is 0 Å². The van der Waals surface area contributed by atoms with Gasteiger partial charge in [0.1, 0.15) is 11.2 Å². The number of benzene rings is 9. The number of furan rings is 1. The van der Waals surface area contributed by atoms with Gasteiger partial charge in [-0.3, -0.25) is 0 Å². The highest BCUT2D eigenvalue weighted by Gasteiger charge is 2.19. The lowest BCUT2D eigenvalue weighted by molar-refractivity contribution is 0.669. The summed E-state index contributed by atoms with van der Waals surface area (Å²) in [6, 6.07) is 75.9. The van der Waals surface area contributed by atoms with Gasteiger partial charge in [0, 0.05) is 27.7 Å². The van der Waals surface area contributed by atoms with Gasteiger partial charge in [0.2, 0.25) is 0 Å². The van der Waals surface area contributed by atoms with Gasteiger partial charge in [-0.1, -0.05) is 170 Å². The Morgan fingerprint density at radius 1 is 0.315 bits per heavy atom. The van der Waals surface area contributed by atoms with E-state index in [0.29, 0.717) is 0 Å². The minimum absolute atomic E-state index is 0.895. The lowest BCUT2D eigenvalue weighted by atomic mass is 9.96. The van der Waals surface area contributed by atoms with Crippen LogP contribution in [0, 0.1) is 0 Å². The maximum Gasteiger partial charge on any atom is 0.136 e. The summed E-state index contributed by atoms with van der Waals surface area (Å²) in [5.41, 5.74) is 14.5. The summed E-state index contributed by atoms with van der Waals surface area (Å²) in [4.78, 5) is 2.38. The molecule has 10 aromatic rings. The highest BCUT2D eigenvalue weighted by Crippen LogP contribution is 2.44. The number of nitrogens with zero attached hydrogens (tertiary/aromatic N) is 1. The van der Waals surface area contributed by atoms with Crippen LogP contribution < -0.4 is 4.90 Å². The van der Waals surface area contributed by atoms with E-state index in [-0.39, 0.29) is 0 Å². The highest BCUT2D eigenvalue weighted by atomic mass is 16.3. The van der Waals surface area contributed by atoms with Crippen molar-refractivity contribution in [3.63, 3.8) is 0 Å². The molecule has 2 nitrogen and oxygen atoms in total. The fourth-order valence-electron chi connectivity index (χ4n) is 7.91. The first-order valence-corrected chi connectivity index (χ1v) is 18.4. The second-order valence-corrected chi connectivity index (χ2v) is 13.7. The van der Waals surface area contributed by atoms with Crippen LogP contribution >= 0.6 is 0 Å². The van der Waals surface area contributed by atoms with Crippen molar-refractivity contribution in [1.29, 1.82) is 0 Å². The van der Waals surface area contributed by atoms with Crippen molar-refractivity contribution in [3.05, 3.63) is 212 Å². The van der Waals surface area contributed by atoms with E-state index in [4.69, 9.17) is 4.42 Å². The molecular weight excluding hydrogens is 655 g/mol. The summed E-state index contributed by atoms with van der Waals surface area (Å²) < 4.78 is 6.28. The highest BCUT2D eigenvalue weighted by molar-refractivity contribution is 6.12. The Balaban J connectivity index is 1.07. The van der Waals surface area contributed by atoms with Crippen molar-refractivity contribution in [2.75, 3.05) is 4.90 Å². The molecular formula is C52H35NO. The third-order valence-corrected chi connectivity index (χ3v) is 10.5. The predicted octanol–water partition coefficient (Wildman–Crippen LogP) is 14.9. The molecule has 0 unspecified atom stereocenters. The molecule has 54 heavy (non-hydrogen) atoms. The van der Waals surface area contributed by atoms with Crippen molar-refractivity contribution in [2.24, 2.45) is 0 Å². The van der Waals surface area contributed by atoms with E-state index in [2.05, 4.69) is 205 Å². The molecule has 0 saturated carbocycles. The van der Waals surface area contributed by atoms with E-state index in [1.165, 1.54) is 44.2 Å². The van der Waals surface area contributed by atoms with E-state index >= 15 is 0 Å². The minimum Gasteiger partial charge on any atom is -0.456 e. The molecule has 254 valence electrons. The van der Waals surface area contributed by atoms with Crippen molar-refractivity contribution in [2.45, 2.75) is 0 Å². The lowest BCUT2D eigenvalue weighted by Crippen LogP contribution is -2.11. The molecule has 0 atom stereocenters. The van der Waals surface area contributed by atoms with Gasteiger partial charge in [-0.2, -0.15) is 0 Å². The molecule has 0 spiro atoms. The minimum atomic E-state index is 0.895. The lowest BCUT2D eigenvalue weighted by Gasteiger charge is -2.28. The van der Waals surface area contributed by atoms with Crippen molar-refractivity contribution in [3.8, 4) is 44.5 Å². The molecule has 2 heteroatoms. The molecule has 0 aliphatic rings. The first-order chi connectivity index (χ1) is 26.8. The van der Waals surface area contributed by atoms with Crippen molar-refractivity contribution < 1.29 is 4.42 Å². The van der Waals surface area contributed by atoms with Crippen LogP contribution in [0.15, 0.2) is 217 Å². The Hall–Kier alpha value is -7.16. The average Bonchev–Trinajstić information content (AvgIpc) is 3.64. The molecule has 0 saturated heterocycles. The maximum atomic E-state index is 6.28. The van der Waals surface area contributed by atoms with Crippen LogP contribution in [0.25, 0.3) is 77.2 Å². The predicted molar refractivity (Wildman–Crippen MR) is 228 cm³/mol. The van der Waals surface area contributed by atoms with Gasteiger partial charge in [0.15, 0.2) is 0 Å². The van der Waals surface area contributed by atoms with Gasteiger partial charge in [0.05, 0.1) is 5.69 Å². The molecule has 1 heterocycles. The summed E-state index contributed by atoms with van der Waals surface area (Å²) >= 11 is 0. The number of anilines is 3. The van der Waals surface area contributed by atoms with Crippen LogP contribution in [-0.2, 0) is 0 Å². The number of hydrogen-bond donors (Lipinski definition) is 0. The van der Waals surface area contributed by atoms with Crippen LogP contribution in [0.4, 0.5) is 17.1 Å². The van der Waals surface area contributed by atoms with E-state index < -0.39 is 0 Å². The van der Waals surface area contributed by atoms with Crippen molar-refractivity contribution >= 4 is 49.8 Å². The Kier molecular flexibility index (Phi) is 7.85. The van der Waals surface area contributed by atoms with Crippen LogP contribution in [0.5, 0.6) is 0 Å². The molecule has 10 rings (SSSR count). The van der Waals surface area contributed by atoms with Gasteiger partial charge in [-0.05, 0) is 92.2 Å². The van der Waals surface area contributed by atoms with E-state index in [1.807, 2.05) is 12.1 Å². The van der Waals surface area contributed by atoms with E-state index in [1.54, 1.807) is 0 Å². The summed E-state index contributed by atoms with van der Waals surface area (Å²) in [6.45, 7) is 0. The number of para-hydroxylation sites is 2. The largest absolute Gasteiger partial charge is 0.456 e. The maximum absolute atomic E-state index is 6.28. The molecule has 0 fully saturated rings. The second-order valence-electron chi connectivity index (χ2n) is 13.7. The number of fused-ring (bicyclic) bond motifs is 4. The molecule has 0 amide bonds. The Morgan fingerprint density at radius 3 is 1.72 bits per heavy atom. The van der Waals surface area contributed by atoms with Crippen LogP contribution in [-0.4, -0.2) is 0 Å². The first-order valence-electron chi connectivity index (χ1n) is 18.4. The fourth-order valence-corrected chi connectivity index (χ4v) is 7.91. The topological polar surface area (TPSA) is 16.4 Å². The quantitative estimate of drug-likeness (QED) is 0.166. The summed E-state index contributed by atoms with van der Waals surface area (Å²) in [6.07, 6.45) is 0. The normalized spacial score (nSPS) is 11.3. The van der Waals surface area contributed by atoms with Crippen LogP contribution in [0.1, 0.15) is 0 Å². The first kappa shape index (κ1) is 31.6. The third-order valence-electron chi connectivity index (χ3n) is 10.5. The summed E-state index contributed by atoms with van der Waals surface area (Å²) in [7, 11) is 0. The zero-order valence-corrected chi connectivity index (χ0v) is 29.6. The molecule has 0 radical (unpaired) electrons. The Morgan fingerprint density at radius 2 is 0.870 bits per heavy atom. The van der Waals surface area contributed by atoms with Crippen molar-refractivity contribution in [1.82, 2.24) is 0 Å². The zero-order chi connectivity index (χ0) is 35.8. The van der Waals surface area contributed by atoms with Gasteiger partial charge in [-0.15, -0.1) is 0 Å². The number of rotatable bonds is 7. The zero-order valence-electron chi connectivity index (χ0n) is 29.6. The number of hydrogen-bond acceptors (Lipinski definition) is 2. The molecule has 0 aliphatic carbocycles. The second kappa shape index (κ2) is 13.4. The Bertz CT molecular complexity index is 2920. The summed E-state index contributed by atoms with van der Waals surface area (Å²) in [5, 5.41) is 4.79. The fraction of sp³-hybridized carbons (Fsp3) is 0. The molecule has 1 aromatic heterocycles. The SMILES string of the molecule is c1ccc(-c2ccccc2N(c2ccc(-c3ccc(-c4cccc5ccccc45)cc3)cc2)c2cccc(-c3cccc4oc5ccccc5c34)c2)cc1. The van der Waals surface area contributed by atoms with Crippen LogP contribution in [0.2, 0.25) is 0 Å². The monoisotopic (exact) mass is 689 g/mol. The summed E-state index contributed by atoms with van der Waals surface area (Å²) in [5.74, 6) is 0. The van der Waals surface area contributed by atoms with Gasteiger partial charge >= 0.3 is 0 Å².